The van der Waals surface area contributed by atoms with Gasteiger partial charge in [-0.3, -0.25) is 0 Å². The van der Waals surface area contributed by atoms with Crippen molar-refractivity contribution in [1.82, 2.24) is 5.32 Å². The average molecular weight is 222 g/mol. The van der Waals surface area contributed by atoms with Gasteiger partial charge in [0, 0.05) is 10.6 Å². The first-order valence-electron chi connectivity index (χ1n) is 3.93. The van der Waals surface area contributed by atoms with E-state index in [1.54, 1.807) is 13.1 Å². The third-order valence-corrected chi connectivity index (χ3v) is 2.41. The fraction of sp³-hybridized carbons (Fsp3) is 0.333. The fourth-order valence-electron chi connectivity index (χ4n) is 1.05. The van der Waals surface area contributed by atoms with Crippen LogP contribution in [0.3, 0.4) is 0 Å². The molecule has 0 aliphatic heterocycles. The minimum Gasteiger partial charge on any atom is -0.319 e. The second-order valence-corrected chi connectivity index (χ2v) is 3.49. The highest BCUT2D eigenvalue weighted by Gasteiger charge is 2.09. The summed E-state index contributed by atoms with van der Waals surface area (Å²) < 4.78 is 13.3. The Morgan fingerprint density at radius 3 is 2.54 bits per heavy atom. The van der Waals surface area contributed by atoms with Crippen LogP contribution in [0, 0.1) is 5.82 Å². The molecular weight excluding hydrogens is 212 g/mol. The molecule has 0 spiro atoms. The van der Waals surface area contributed by atoms with Crippen molar-refractivity contribution < 1.29 is 4.39 Å². The van der Waals surface area contributed by atoms with Gasteiger partial charge in [-0.05, 0) is 32.1 Å². The summed E-state index contributed by atoms with van der Waals surface area (Å²) in [7, 11) is 1.80. The molecule has 0 unspecified atom stereocenters. The van der Waals surface area contributed by atoms with Gasteiger partial charge in [-0.1, -0.05) is 23.2 Å². The summed E-state index contributed by atoms with van der Waals surface area (Å²) in [5, 5.41) is 3.47. The average Bonchev–Trinajstić information content (AvgIpc) is 2.12. The van der Waals surface area contributed by atoms with E-state index < -0.39 is 5.82 Å². The van der Waals surface area contributed by atoms with E-state index in [1.807, 2.05) is 0 Å². The monoisotopic (exact) mass is 221 g/mol. The molecule has 1 aromatic carbocycles. The Morgan fingerprint density at radius 2 is 1.92 bits per heavy atom. The van der Waals surface area contributed by atoms with Crippen molar-refractivity contribution in [2.45, 2.75) is 6.42 Å². The van der Waals surface area contributed by atoms with E-state index in [9.17, 15) is 4.39 Å². The van der Waals surface area contributed by atoms with Crippen LogP contribution in [0.25, 0.3) is 0 Å². The van der Waals surface area contributed by atoms with Crippen LogP contribution in [-0.2, 0) is 6.42 Å². The van der Waals surface area contributed by atoms with Gasteiger partial charge in [0.25, 0.3) is 0 Å². The van der Waals surface area contributed by atoms with E-state index in [-0.39, 0.29) is 5.02 Å². The lowest BCUT2D eigenvalue weighted by atomic mass is 10.1. The quantitative estimate of drug-likeness (QED) is 0.775. The standard InChI is InChI=1S/C9H10Cl2FN/c1-13-5-4-6-7(10)2-3-8(11)9(6)12/h2-3,13H,4-5H2,1H3. The smallest absolute Gasteiger partial charge is 0.146 e. The van der Waals surface area contributed by atoms with Gasteiger partial charge >= 0.3 is 0 Å². The highest BCUT2D eigenvalue weighted by molar-refractivity contribution is 6.33. The summed E-state index contributed by atoms with van der Waals surface area (Å²) in [4.78, 5) is 0. The lowest BCUT2D eigenvalue weighted by Crippen LogP contribution is -2.11. The molecule has 0 radical (unpaired) electrons. The third kappa shape index (κ3) is 2.56. The zero-order valence-corrected chi connectivity index (χ0v) is 8.71. The zero-order valence-electron chi connectivity index (χ0n) is 7.20. The first-order chi connectivity index (χ1) is 6.16. The summed E-state index contributed by atoms with van der Waals surface area (Å²) in [6.07, 6.45) is 0.543. The third-order valence-electron chi connectivity index (χ3n) is 1.76. The SMILES string of the molecule is CNCCc1c(Cl)ccc(Cl)c1F. The van der Waals surface area contributed by atoms with Gasteiger partial charge < -0.3 is 5.32 Å². The number of hydrogen-bond acceptors (Lipinski definition) is 1. The Balaban J connectivity index is 2.96. The van der Waals surface area contributed by atoms with E-state index in [0.717, 1.165) is 0 Å². The van der Waals surface area contributed by atoms with Gasteiger partial charge in [0.15, 0.2) is 0 Å². The maximum atomic E-state index is 13.3. The number of rotatable bonds is 3. The maximum Gasteiger partial charge on any atom is 0.146 e. The first kappa shape index (κ1) is 10.8. The molecule has 1 rings (SSSR count). The molecule has 1 nitrogen and oxygen atoms in total. The molecule has 0 bridgehead atoms. The molecule has 72 valence electrons. The lowest BCUT2D eigenvalue weighted by Gasteiger charge is -2.06. The molecule has 0 saturated heterocycles. The van der Waals surface area contributed by atoms with Crippen LogP contribution in [-0.4, -0.2) is 13.6 Å². The van der Waals surface area contributed by atoms with E-state index in [4.69, 9.17) is 23.2 Å². The molecule has 0 aromatic heterocycles. The normalized spacial score (nSPS) is 10.5. The van der Waals surface area contributed by atoms with Gasteiger partial charge in [0.2, 0.25) is 0 Å². The molecule has 0 saturated carbocycles. The topological polar surface area (TPSA) is 12.0 Å². The molecule has 13 heavy (non-hydrogen) atoms. The van der Waals surface area contributed by atoms with Crippen LogP contribution in [0.15, 0.2) is 12.1 Å². The van der Waals surface area contributed by atoms with Gasteiger partial charge in [-0.25, -0.2) is 4.39 Å². The van der Waals surface area contributed by atoms with Crippen molar-refractivity contribution in [3.63, 3.8) is 0 Å². The molecule has 0 atom stereocenters. The Kier molecular flexibility index (Phi) is 3.97. The largest absolute Gasteiger partial charge is 0.319 e. The van der Waals surface area contributed by atoms with Crippen LogP contribution in [0.4, 0.5) is 4.39 Å². The highest BCUT2D eigenvalue weighted by Crippen LogP contribution is 2.25. The molecule has 0 heterocycles. The van der Waals surface area contributed by atoms with E-state index in [1.165, 1.54) is 6.07 Å². The van der Waals surface area contributed by atoms with E-state index in [0.29, 0.717) is 23.6 Å². The number of hydrogen-bond donors (Lipinski definition) is 1. The maximum absolute atomic E-state index is 13.3. The summed E-state index contributed by atoms with van der Waals surface area (Å²) in [5.74, 6) is -0.413. The minimum atomic E-state index is -0.413. The molecule has 0 amide bonds. The highest BCUT2D eigenvalue weighted by atomic mass is 35.5. The van der Waals surface area contributed by atoms with Gasteiger partial charge in [-0.15, -0.1) is 0 Å². The van der Waals surface area contributed by atoms with Crippen molar-refractivity contribution in [2.24, 2.45) is 0 Å². The summed E-state index contributed by atoms with van der Waals surface area (Å²) >= 11 is 11.4. The predicted molar refractivity (Wildman–Crippen MR) is 54.1 cm³/mol. The predicted octanol–water partition coefficient (Wildman–Crippen LogP) is 2.89. The summed E-state index contributed by atoms with van der Waals surface area (Å²) in [5.41, 5.74) is 0.475. The van der Waals surface area contributed by atoms with Crippen molar-refractivity contribution in [3.05, 3.63) is 33.6 Å². The zero-order chi connectivity index (χ0) is 9.84. The minimum absolute atomic E-state index is 0.121. The Bertz CT molecular complexity index is 302. The number of likely N-dealkylation sites (N-methyl/N-ethyl adjacent to an activating group) is 1. The number of halogens is 3. The van der Waals surface area contributed by atoms with Gasteiger partial charge in [0.1, 0.15) is 5.82 Å². The van der Waals surface area contributed by atoms with Gasteiger partial charge in [0.05, 0.1) is 5.02 Å². The Hall–Kier alpha value is -0.310. The van der Waals surface area contributed by atoms with Crippen LogP contribution in [0.5, 0.6) is 0 Å². The molecule has 4 heteroatoms. The molecule has 0 aliphatic carbocycles. The van der Waals surface area contributed by atoms with E-state index >= 15 is 0 Å². The van der Waals surface area contributed by atoms with Crippen molar-refractivity contribution >= 4 is 23.2 Å². The molecule has 1 N–H and O–H groups in total. The second-order valence-electron chi connectivity index (χ2n) is 2.68. The Morgan fingerprint density at radius 1 is 1.31 bits per heavy atom. The second kappa shape index (κ2) is 4.80. The van der Waals surface area contributed by atoms with Crippen LogP contribution < -0.4 is 5.32 Å². The molecule has 0 aliphatic rings. The lowest BCUT2D eigenvalue weighted by molar-refractivity contribution is 0.605. The molecular formula is C9H10Cl2FN. The fourth-order valence-corrected chi connectivity index (χ4v) is 1.47. The van der Waals surface area contributed by atoms with Crippen molar-refractivity contribution in [1.29, 1.82) is 0 Å². The molecule has 0 fully saturated rings. The van der Waals surface area contributed by atoms with Crippen LogP contribution in [0.1, 0.15) is 5.56 Å². The van der Waals surface area contributed by atoms with Crippen molar-refractivity contribution in [3.8, 4) is 0 Å². The van der Waals surface area contributed by atoms with Gasteiger partial charge in [-0.2, -0.15) is 0 Å². The summed E-state index contributed by atoms with van der Waals surface area (Å²) in [6, 6.07) is 3.07. The van der Waals surface area contributed by atoms with Crippen molar-refractivity contribution in [2.75, 3.05) is 13.6 Å². The van der Waals surface area contributed by atoms with Crippen LogP contribution in [0.2, 0.25) is 10.0 Å². The summed E-state index contributed by atoms with van der Waals surface area (Å²) in [6.45, 7) is 0.678. The first-order valence-corrected chi connectivity index (χ1v) is 4.69. The van der Waals surface area contributed by atoms with E-state index in [2.05, 4.69) is 5.32 Å². The number of nitrogens with one attached hydrogen (secondary N) is 1. The van der Waals surface area contributed by atoms with Crippen LogP contribution >= 0.6 is 23.2 Å². The Labute approximate surface area is 86.8 Å². The molecule has 1 aromatic rings. The number of benzene rings is 1.